The Kier molecular flexibility index (Phi) is 4.73. The number of nitrogens with two attached hydrogens (primary N) is 1. The monoisotopic (exact) mass is 287 g/mol. The second-order valence-electron chi connectivity index (χ2n) is 4.60. The predicted octanol–water partition coefficient (Wildman–Crippen LogP) is 0.713. The molecule has 2 aromatic carbocycles. The van der Waals surface area contributed by atoms with E-state index < -0.39 is 11.9 Å². The highest BCUT2D eigenvalue weighted by atomic mass is 16.5. The van der Waals surface area contributed by atoms with E-state index in [9.17, 15) is 9.59 Å². The summed E-state index contributed by atoms with van der Waals surface area (Å²) in [5.74, 6) is 4.73. The number of fused-ring (bicyclic) bond motifs is 1. The maximum atomic E-state index is 11.7. The molecule has 0 saturated carbocycles. The highest BCUT2D eigenvalue weighted by Crippen LogP contribution is 2.20. The van der Waals surface area contributed by atoms with E-state index in [4.69, 9.17) is 10.6 Å². The van der Waals surface area contributed by atoms with Crippen molar-refractivity contribution in [1.29, 1.82) is 0 Å². The van der Waals surface area contributed by atoms with Crippen molar-refractivity contribution in [2.45, 2.75) is 13.0 Å². The van der Waals surface area contributed by atoms with Crippen LogP contribution in [0.3, 0.4) is 0 Å². The Morgan fingerprint density at radius 1 is 1.19 bits per heavy atom. The first kappa shape index (κ1) is 14.8. The van der Waals surface area contributed by atoms with Crippen molar-refractivity contribution >= 4 is 22.6 Å². The van der Waals surface area contributed by atoms with Gasteiger partial charge >= 0.3 is 0 Å². The molecule has 0 heterocycles. The molecule has 0 fully saturated rings. The van der Waals surface area contributed by atoms with E-state index in [0.29, 0.717) is 5.75 Å². The lowest BCUT2D eigenvalue weighted by Gasteiger charge is -2.12. The van der Waals surface area contributed by atoms with Crippen LogP contribution in [0.2, 0.25) is 0 Å². The molecule has 0 bridgehead atoms. The van der Waals surface area contributed by atoms with Crippen molar-refractivity contribution in [2.24, 2.45) is 5.84 Å². The Balaban J connectivity index is 1.92. The Hall–Kier alpha value is -2.60. The van der Waals surface area contributed by atoms with Gasteiger partial charge < -0.3 is 10.1 Å². The molecule has 2 amide bonds. The Bertz CT molecular complexity index is 657. The van der Waals surface area contributed by atoms with Crippen LogP contribution in [0.5, 0.6) is 5.75 Å². The molecule has 0 aliphatic carbocycles. The van der Waals surface area contributed by atoms with Gasteiger partial charge in [0.1, 0.15) is 11.8 Å². The normalized spacial score (nSPS) is 11.7. The number of hydrogen-bond donors (Lipinski definition) is 3. The van der Waals surface area contributed by atoms with Gasteiger partial charge in [-0.2, -0.15) is 0 Å². The molecule has 21 heavy (non-hydrogen) atoms. The maximum absolute atomic E-state index is 11.7. The smallest absolute Gasteiger partial charge is 0.258 e. The summed E-state index contributed by atoms with van der Waals surface area (Å²) in [7, 11) is 0. The summed E-state index contributed by atoms with van der Waals surface area (Å²) < 4.78 is 5.42. The van der Waals surface area contributed by atoms with Crippen LogP contribution in [-0.4, -0.2) is 24.5 Å². The molecule has 0 saturated heterocycles. The lowest BCUT2D eigenvalue weighted by molar-refractivity contribution is -0.129. The van der Waals surface area contributed by atoms with E-state index >= 15 is 0 Å². The first-order chi connectivity index (χ1) is 10.1. The van der Waals surface area contributed by atoms with Crippen LogP contribution in [0.15, 0.2) is 42.5 Å². The molecule has 1 unspecified atom stereocenters. The molecule has 6 heteroatoms. The van der Waals surface area contributed by atoms with E-state index in [0.717, 1.165) is 10.8 Å². The third kappa shape index (κ3) is 3.93. The molecular formula is C15H17N3O3. The maximum Gasteiger partial charge on any atom is 0.258 e. The van der Waals surface area contributed by atoms with E-state index in [2.05, 4.69) is 5.32 Å². The van der Waals surface area contributed by atoms with Gasteiger partial charge in [-0.1, -0.05) is 30.3 Å². The van der Waals surface area contributed by atoms with Gasteiger partial charge in [-0.15, -0.1) is 0 Å². The number of benzene rings is 2. The summed E-state index contributed by atoms with van der Waals surface area (Å²) in [4.78, 5) is 22.8. The van der Waals surface area contributed by atoms with Gasteiger partial charge in [0.15, 0.2) is 6.61 Å². The standard InChI is InChI=1S/C15H17N3O3/c1-10(15(20)18-16)17-14(19)9-21-13-7-6-11-4-2-3-5-12(11)8-13/h2-8,10H,9,16H2,1H3,(H,17,19)(H,18,20). The van der Waals surface area contributed by atoms with Gasteiger partial charge in [0.25, 0.3) is 11.8 Å². The number of amides is 2. The largest absolute Gasteiger partial charge is 0.484 e. The summed E-state index contributed by atoms with van der Waals surface area (Å²) in [6.45, 7) is 1.37. The molecule has 0 spiro atoms. The van der Waals surface area contributed by atoms with Crippen molar-refractivity contribution in [2.75, 3.05) is 6.61 Å². The molecule has 110 valence electrons. The van der Waals surface area contributed by atoms with E-state index in [1.54, 1.807) is 6.07 Å². The molecule has 0 radical (unpaired) electrons. The summed E-state index contributed by atoms with van der Waals surface area (Å²) in [6, 6.07) is 12.7. The SMILES string of the molecule is CC(NC(=O)COc1ccc2ccccc2c1)C(=O)NN. The Morgan fingerprint density at radius 2 is 1.90 bits per heavy atom. The molecule has 0 aliphatic rings. The predicted molar refractivity (Wildman–Crippen MR) is 79.4 cm³/mol. The fourth-order valence-electron chi connectivity index (χ4n) is 1.88. The van der Waals surface area contributed by atoms with Gasteiger partial charge in [0.05, 0.1) is 0 Å². The summed E-state index contributed by atoms with van der Waals surface area (Å²) in [5, 5.41) is 4.62. The highest BCUT2D eigenvalue weighted by Gasteiger charge is 2.14. The minimum Gasteiger partial charge on any atom is -0.484 e. The number of rotatable bonds is 5. The van der Waals surface area contributed by atoms with Crippen LogP contribution >= 0.6 is 0 Å². The zero-order chi connectivity index (χ0) is 15.2. The number of ether oxygens (including phenoxy) is 1. The number of carbonyl (C=O) groups excluding carboxylic acids is 2. The molecule has 0 aliphatic heterocycles. The molecular weight excluding hydrogens is 270 g/mol. The summed E-state index contributed by atoms with van der Waals surface area (Å²) in [6.07, 6.45) is 0. The Labute approximate surface area is 122 Å². The molecule has 1 atom stereocenters. The highest BCUT2D eigenvalue weighted by molar-refractivity contribution is 5.87. The van der Waals surface area contributed by atoms with Crippen LogP contribution in [0.4, 0.5) is 0 Å². The van der Waals surface area contributed by atoms with E-state index in [1.165, 1.54) is 6.92 Å². The zero-order valence-electron chi connectivity index (χ0n) is 11.6. The van der Waals surface area contributed by atoms with E-state index in [1.807, 2.05) is 41.8 Å². The minimum absolute atomic E-state index is 0.166. The lowest BCUT2D eigenvalue weighted by Crippen LogP contribution is -2.48. The minimum atomic E-state index is -0.706. The van der Waals surface area contributed by atoms with Gasteiger partial charge in [-0.25, -0.2) is 5.84 Å². The van der Waals surface area contributed by atoms with Crippen molar-refractivity contribution in [3.63, 3.8) is 0 Å². The fraction of sp³-hybridized carbons (Fsp3) is 0.200. The third-order valence-corrected chi connectivity index (χ3v) is 3.00. The number of hydrogen-bond acceptors (Lipinski definition) is 4. The van der Waals surface area contributed by atoms with Crippen LogP contribution in [-0.2, 0) is 9.59 Å². The lowest BCUT2D eigenvalue weighted by atomic mass is 10.1. The summed E-state index contributed by atoms with van der Waals surface area (Å²) in [5.41, 5.74) is 1.97. The topological polar surface area (TPSA) is 93.4 Å². The second-order valence-corrected chi connectivity index (χ2v) is 4.60. The first-order valence-electron chi connectivity index (χ1n) is 6.51. The van der Waals surface area contributed by atoms with Crippen molar-refractivity contribution in [3.8, 4) is 5.75 Å². The molecule has 2 aromatic rings. The van der Waals surface area contributed by atoms with Gasteiger partial charge in [-0.3, -0.25) is 15.0 Å². The molecule has 2 rings (SSSR count). The van der Waals surface area contributed by atoms with Crippen molar-refractivity contribution < 1.29 is 14.3 Å². The number of hydrazine groups is 1. The second kappa shape index (κ2) is 6.71. The molecule has 6 nitrogen and oxygen atoms in total. The molecule has 4 N–H and O–H groups in total. The zero-order valence-corrected chi connectivity index (χ0v) is 11.6. The van der Waals surface area contributed by atoms with E-state index in [-0.39, 0.29) is 12.5 Å². The molecule has 0 aromatic heterocycles. The fourth-order valence-corrected chi connectivity index (χ4v) is 1.88. The average molecular weight is 287 g/mol. The van der Waals surface area contributed by atoms with Crippen molar-refractivity contribution in [1.82, 2.24) is 10.7 Å². The van der Waals surface area contributed by atoms with Crippen LogP contribution in [0, 0.1) is 0 Å². The quantitative estimate of drug-likeness (QED) is 0.429. The van der Waals surface area contributed by atoms with Crippen LogP contribution < -0.4 is 21.3 Å². The van der Waals surface area contributed by atoms with Crippen LogP contribution in [0.1, 0.15) is 6.92 Å². The van der Waals surface area contributed by atoms with Gasteiger partial charge in [-0.05, 0) is 29.8 Å². The van der Waals surface area contributed by atoms with Gasteiger partial charge in [0, 0.05) is 0 Å². The average Bonchev–Trinajstić information content (AvgIpc) is 2.51. The van der Waals surface area contributed by atoms with Gasteiger partial charge in [0.2, 0.25) is 0 Å². The first-order valence-corrected chi connectivity index (χ1v) is 6.51. The van der Waals surface area contributed by atoms with Crippen LogP contribution in [0.25, 0.3) is 10.8 Å². The number of carbonyl (C=O) groups is 2. The summed E-state index contributed by atoms with van der Waals surface area (Å²) >= 11 is 0. The van der Waals surface area contributed by atoms with Crippen molar-refractivity contribution in [3.05, 3.63) is 42.5 Å². The number of nitrogens with one attached hydrogen (secondary N) is 2. The third-order valence-electron chi connectivity index (χ3n) is 3.00. The Morgan fingerprint density at radius 3 is 2.62 bits per heavy atom.